The lowest BCUT2D eigenvalue weighted by Crippen LogP contribution is -2.53. The van der Waals surface area contributed by atoms with Gasteiger partial charge >= 0.3 is 0 Å². The molecule has 1 heterocycles. The first-order valence-corrected chi connectivity index (χ1v) is 7.48. The van der Waals surface area contributed by atoms with E-state index in [2.05, 4.69) is 35.4 Å². The van der Waals surface area contributed by atoms with E-state index in [0.29, 0.717) is 0 Å². The van der Waals surface area contributed by atoms with Gasteiger partial charge in [-0.3, -0.25) is 0 Å². The number of fused-ring (bicyclic) bond motifs is 3. The van der Waals surface area contributed by atoms with Crippen LogP contribution in [0, 0.1) is 23.9 Å². The van der Waals surface area contributed by atoms with E-state index >= 15 is 0 Å². The molecule has 1 aliphatic rings. The highest BCUT2D eigenvalue weighted by molar-refractivity contribution is 7.16. The lowest BCUT2D eigenvalue weighted by Gasteiger charge is -2.15. The van der Waals surface area contributed by atoms with E-state index in [-0.39, 0.29) is 0 Å². The van der Waals surface area contributed by atoms with E-state index in [1.54, 1.807) is 0 Å². The molecule has 2 aromatic rings. The van der Waals surface area contributed by atoms with E-state index in [1.807, 2.05) is 24.3 Å². The van der Waals surface area contributed by atoms with Gasteiger partial charge in [-0.2, -0.15) is 0 Å². The minimum Gasteiger partial charge on any atom is -0.125 e. The molecule has 0 amide bonds. The second-order valence-corrected chi connectivity index (χ2v) is 7.28. The highest BCUT2D eigenvalue weighted by Crippen LogP contribution is 2.26. The largest absolute Gasteiger partial charge is 0.276 e. The summed E-state index contributed by atoms with van der Waals surface area (Å²) in [4.78, 5) is 0. The molecule has 0 unspecified atom stereocenters. The molecule has 0 bridgehead atoms. The van der Waals surface area contributed by atoms with Crippen molar-refractivity contribution in [3.63, 3.8) is 0 Å². The monoisotopic (exact) mass is 230 g/mol. The van der Waals surface area contributed by atoms with Gasteiger partial charge in [-0.1, -0.05) is 48.5 Å². The quantitative estimate of drug-likeness (QED) is 0.476. The molecule has 1 heteroatoms. The molecule has 0 aromatic heterocycles. The summed E-state index contributed by atoms with van der Waals surface area (Å²) in [5, 5.41) is 2.37. The van der Waals surface area contributed by atoms with Crippen LogP contribution in [0.5, 0.6) is 0 Å². The summed E-state index contributed by atoms with van der Waals surface area (Å²) < 4.78 is 0. The van der Waals surface area contributed by atoms with Crippen LogP contribution in [0.25, 0.3) is 11.1 Å². The molecule has 2 aromatic carbocycles. The third-order valence-corrected chi connectivity index (χ3v) is 6.74. The van der Waals surface area contributed by atoms with Crippen LogP contribution >= 0.6 is 0 Å². The average molecular weight is 230 g/mol. The fourth-order valence-electron chi connectivity index (χ4n) is 2.59. The Morgan fingerprint density at radius 2 is 1.12 bits per heavy atom. The van der Waals surface area contributed by atoms with E-state index in [1.165, 1.54) is 21.5 Å². The number of hydrogen-bond acceptors (Lipinski definition) is 0. The van der Waals surface area contributed by atoms with Crippen molar-refractivity contribution >= 4 is 18.4 Å². The standard InChI is InChI=1S/C16H10Si/c1-3-17(4-2)15-11-7-5-9-13(15)14-10-6-8-12-16(14)17/h1-2,5-12H. The first kappa shape index (κ1) is 9.96. The fourth-order valence-corrected chi connectivity index (χ4v) is 5.52. The number of hydrogen-bond donors (Lipinski definition) is 0. The van der Waals surface area contributed by atoms with E-state index in [9.17, 15) is 0 Å². The van der Waals surface area contributed by atoms with Gasteiger partial charge in [-0.15, -0.1) is 23.9 Å². The summed E-state index contributed by atoms with van der Waals surface area (Å²) in [7, 11) is -2.37. The molecule has 0 fully saturated rings. The summed E-state index contributed by atoms with van der Waals surface area (Å²) in [5.74, 6) is 0. The topological polar surface area (TPSA) is 0 Å². The van der Waals surface area contributed by atoms with Crippen LogP contribution in [0.15, 0.2) is 48.5 Å². The lowest BCUT2D eigenvalue weighted by atomic mass is 10.1. The maximum absolute atomic E-state index is 5.78. The highest BCUT2D eigenvalue weighted by Gasteiger charge is 2.43. The Balaban J connectivity index is 2.49. The normalized spacial score (nSPS) is 14.2. The summed E-state index contributed by atoms with van der Waals surface area (Å²) in [5.41, 5.74) is 8.31. The molecular weight excluding hydrogens is 220 g/mol. The van der Waals surface area contributed by atoms with Gasteiger partial charge in [0, 0.05) is 0 Å². The van der Waals surface area contributed by atoms with Crippen LogP contribution in [0.4, 0.5) is 0 Å². The zero-order chi connectivity index (χ0) is 11.9. The van der Waals surface area contributed by atoms with Gasteiger partial charge in [0.1, 0.15) is 0 Å². The molecule has 1 aliphatic heterocycles. The Bertz CT molecular complexity index is 622. The van der Waals surface area contributed by atoms with Crippen molar-refractivity contribution in [3.05, 3.63) is 48.5 Å². The van der Waals surface area contributed by atoms with Gasteiger partial charge in [0.05, 0.1) is 0 Å². The van der Waals surface area contributed by atoms with Crippen LogP contribution in [-0.2, 0) is 0 Å². The smallest absolute Gasteiger partial charge is 0.125 e. The number of benzene rings is 2. The van der Waals surface area contributed by atoms with Gasteiger partial charge in [-0.05, 0) is 21.5 Å². The second-order valence-electron chi connectivity index (χ2n) is 4.13. The van der Waals surface area contributed by atoms with Gasteiger partial charge in [0.15, 0.2) is 0 Å². The fraction of sp³-hybridized carbons (Fsp3) is 0. The summed E-state index contributed by atoms with van der Waals surface area (Å²) in [6.45, 7) is 0. The Hall–Kier alpha value is -2.22. The molecule has 78 valence electrons. The van der Waals surface area contributed by atoms with Gasteiger partial charge in [0.25, 0.3) is 8.07 Å². The first-order valence-electron chi connectivity index (χ1n) is 5.48. The SMILES string of the molecule is C#C[Si]1(C#C)c2ccccc2-c2ccccc21. The van der Waals surface area contributed by atoms with Crippen LogP contribution < -0.4 is 10.4 Å². The Morgan fingerprint density at radius 1 is 0.706 bits per heavy atom. The number of terminal acetylenes is 2. The Kier molecular flexibility index (Phi) is 1.98. The zero-order valence-electron chi connectivity index (χ0n) is 9.27. The van der Waals surface area contributed by atoms with Crippen molar-refractivity contribution < 1.29 is 0 Å². The van der Waals surface area contributed by atoms with Crippen molar-refractivity contribution in [2.45, 2.75) is 0 Å². The molecule has 0 aliphatic carbocycles. The molecule has 0 atom stereocenters. The molecular formula is C16H10Si. The Labute approximate surface area is 102 Å². The van der Waals surface area contributed by atoms with Gasteiger partial charge in [-0.25, -0.2) is 0 Å². The molecule has 0 spiro atoms. The molecule has 17 heavy (non-hydrogen) atoms. The third-order valence-electron chi connectivity index (χ3n) is 3.39. The second kappa shape index (κ2) is 3.38. The molecule has 0 radical (unpaired) electrons. The summed E-state index contributed by atoms with van der Waals surface area (Å²) in [6.07, 6.45) is 11.6. The van der Waals surface area contributed by atoms with Crippen LogP contribution in [-0.4, -0.2) is 8.07 Å². The maximum Gasteiger partial charge on any atom is 0.276 e. The van der Waals surface area contributed by atoms with Crippen molar-refractivity contribution in [1.82, 2.24) is 0 Å². The van der Waals surface area contributed by atoms with E-state index < -0.39 is 8.07 Å². The summed E-state index contributed by atoms with van der Waals surface area (Å²) in [6, 6.07) is 16.5. The molecule has 0 saturated carbocycles. The van der Waals surface area contributed by atoms with Crippen LogP contribution in [0.3, 0.4) is 0 Å². The van der Waals surface area contributed by atoms with E-state index in [0.717, 1.165) is 0 Å². The molecule has 0 nitrogen and oxygen atoms in total. The minimum absolute atomic E-state index is 1.19. The Morgan fingerprint density at radius 3 is 1.53 bits per heavy atom. The third kappa shape index (κ3) is 1.09. The van der Waals surface area contributed by atoms with Gasteiger partial charge in [0.2, 0.25) is 0 Å². The lowest BCUT2D eigenvalue weighted by molar-refractivity contribution is 1.71. The average Bonchev–Trinajstić information content (AvgIpc) is 2.70. The van der Waals surface area contributed by atoms with Crippen LogP contribution in [0.1, 0.15) is 0 Å². The van der Waals surface area contributed by atoms with Gasteiger partial charge < -0.3 is 0 Å². The maximum atomic E-state index is 5.78. The van der Waals surface area contributed by atoms with Crippen molar-refractivity contribution in [2.24, 2.45) is 0 Å². The summed E-state index contributed by atoms with van der Waals surface area (Å²) >= 11 is 0. The molecule has 3 rings (SSSR count). The minimum atomic E-state index is -2.37. The van der Waals surface area contributed by atoms with Crippen molar-refractivity contribution in [3.8, 4) is 35.1 Å². The zero-order valence-corrected chi connectivity index (χ0v) is 10.3. The molecule has 0 saturated heterocycles. The molecule has 0 N–H and O–H groups in total. The van der Waals surface area contributed by atoms with Crippen LogP contribution in [0.2, 0.25) is 0 Å². The highest BCUT2D eigenvalue weighted by atomic mass is 28.3. The number of rotatable bonds is 0. The van der Waals surface area contributed by atoms with Crippen molar-refractivity contribution in [2.75, 3.05) is 0 Å². The first-order chi connectivity index (χ1) is 8.33. The van der Waals surface area contributed by atoms with Crippen molar-refractivity contribution in [1.29, 1.82) is 0 Å². The predicted molar refractivity (Wildman–Crippen MR) is 74.6 cm³/mol. The van der Waals surface area contributed by atoms with E-state index in [4.69, 9.17) is 12.8 Å². The predicted octanol–water partition coefficient (Wildman–Crippen LogP) is 1.57.